The largest absolute Gasteiger partial charge is 0.497 e. The van der Waals surface area contributed by atoms with E-state index < -0.39 is 0 Å². The van der Waals surface area contributed by atoms with Crippen LogP contribution in [0.25, 0.3) is 11.4 Å². The highest BCUT2D eigenvalue weighted by Gasteiger charge is 2.06. The van der Waals surface area contributed by atoms with Crippen LogP contribution in [0.4, 0.5) is 0 Å². The smallest absolute Gasteiger partial charge is 0.204 e. The Balaban J connectivity index is 0.00000180. The van der Waals surface area contributed by atoms with Gasteiger partial charge >= 0.3 is 0 Å². The summed E-state index contributed by atoms with van der Waals surface area (Å²) < 4.78 is 5.11. The highest BCUT2D eigenvalue weighted by atomic mass is 35.5. The lowest BCUT2D eigenvalue weighted by atomic mass is 10.2. The molecule has 0 aliphatic heterocycles. The second kappa shape index (κ2) is 7.06. The molecule has 0 spiro atoms. The summed E-state index contributed by atoms with van der Waals surface area (Å²) in [5.74, 6) is 1.45. The van der Waals surface area contributed by atoms with Crippen LogP contribution in [0, 0.1) is 0 Å². The Kier molecular flexibility index (Phi) is 5.72. The van der Waals surface area contributed by atoms with Gasteiger partial charge in [-0.05, 0) is 43.6 Å². The second-order valence-electron chi connectivity index (χ2n) is 4.24. The Labute approximate surface area is 118 Å². The van der Waals surface area contributed by atoms with Gasteiger partial charge in [-0.3, -0.25) is 0 Å². The zero-order chi connectivity index (χ0) is 13.0. The maximum atomic E-state index is 5.11. The molecule has 6 nitrogen and oxygen atoms in total. The number of nitrogens with zero attached hydrogens (tertiary/aromatic N) is 5. The molecule has 7 heteroatoms. The van der Waals surface area contributed by atoms with E-state index in [1.807, 2.05) is 38.4 Å². The van der Waals surface area contributed by atoms with E-state index in [2.05, 4.69) is 20.3 Å². The standard InChI is InChI=1S/C12H17N5O.ClH/c1-16(2)8-9-17-14-12(13-15-17)10-4-6-11(18-3)7-5-10;/h4-7H,8-9H2,1-3H3;1H. The van der Waals surface area contributed by atoms with Crippen molar-refractivity contribution in [3.8, 4) is 17.1 Å². The maximum absolute atomic E-state index is 5.11. The number of rotatable bonds is 5. The molecule has 0 N–H and O–H groups in total. The van der Waals surface area contributed by atoms with E-state index in [0.717, 1.165) is 24.4 Å². The predicted octanol–water partition coefficient (Wildman–Crippen LogP) is 1.33. The second-order valence-corrected chi connectivity index (χ2v) is 4.24. The molecule has 19 heavy (non-hydrogen) atoms. The number of aromatic nitrogens is 4. The average molecular weight is 284 g/mol. The Bertz CT molecular complexity index is 497. The first-order valence-corrected chi connectivity index (χ1v) is 5.76. The molecule has 1 heterocycles. The molecule has 0 aliphatic carbocycles. The molecule has 0 bridgehead atoms. The van der Waals surface area contributed by atoms with Crippen molar-refractivity contribution in [3.05, 3.63) is 24.3 Å². The summed E-state index contributed by atoms with van der Waals surface area (Å²) in [7, 11) is 5.67. The fourth-order valence-corrected chi connectivity index (χ4v) is 1.48. The van der Waals surface area contributed by atoms with Crippen molar-refractivity contribution in [2.75, 3.05) is 27.7 Å². The molecule has 0 aliphatic rings. The van der Waals surface area contributed by atoms with Crippen molar-refractivity contribution in [1.29, 1.82) is 0 Å². The lowest BCUT2D eigenvalue weighted by molar-refractivity contribution is 0.355. The summed E-state index contributed by atoms with van der Waals surface area (Å²) in [6, 6.07) is 7.62. The van der Waals surface area contributed by atoms with Gasteiger partial charge < -0.3 is 9.64 Å². The molecular weight excluding hydrogens is 266 g/mol. The first kappa shape index (κ1) is 15.4. The van der Waals surface area contributed by atoms with Crippen molar-refractivity contribution in [2.24, 2.45) is 0 Å². The van der Waals surface area contributed by atoms with Crippen LogP contribution in [0.1, 0.15) is 0 Å². The van der Waals surface area contributed by atoms with Crippen LogP contribution in [0.2, 0.25) is 0 Å². The first-order valence-electron chi connectivity index (χ1n) is 5.76. The highest BCUT2D eigenvalue weighted by Crippen LogP contribution is 2.18. The maximum Gasteiger partial charge on any atom is 0.204 e. The summed E-state index contributed by atoms with van der Waals surface area (Å²) in [6.45, 7) is 1.62. The van der Waals surface area contributed by atoms with Crippen molar-refractivity contribution < 1.29 is 4.74 Å². The minimum atomic E-state index is 0. The van der Waals surface area contributed by atoms with Crippen LogP contribution in [0.15, 0.2) is 24.3 Å². The van der Waals surface area contributed by atoms with Crippen LogP contribution in [-0.4, -0.2) is 52.9 Å². The number of benzene rings is 1. The molecule has 0 fully saturated rings. The zero-order valence-corrected chi connectivity index (χ0v) is 12.1. The summed E-state index contributed by atoms with van der Waals surface area (Å²) in [5, 5.41) is 12.4. The van der Waals surface area contributed by atoms with Gasteiger partial charge in [0.2, 0.25) is 5.82 Å². The van der Waals surface area contributed by atoms with Gasteiger partial charge in [0.1, 0.15) is 5.75 Å². The first-order chi connectivity index (χ1) is 8.69. The van der Waals surface area contributed by atoms with Gasteiger partial charge in [-0.1, -0.05) is 0 Å². The van der Waals surface area contributed by atoms with E-state index in [1.54, 1.807) is 11.9 Å². The molecule has 1 aromatic carbocycles. The van der Waals surface area contributed by atoms with E-state index in [-0.39, 0.29) is 12.4 Å². The number of halogens is 1. The zero-order valence-electron chi connectivity index (χ0n) is 11.3. The Morgan fingerprint density at radius 3 is 2.47 bits per heavy atom. The molecule has 1 aromatic heterocycles. The number of ether oxygens (including phenoxy) is 1. The van der Waals surface area contributed by atoms with Crippen LogP contribution >= 0.6 is 12.4 Å². The van der Waals surface area contributed by atoms with Gasteiger partial charge in [-0.15, -0.1) is 22.6 Å². The molecule has 2 aromatic rings. The summed E-state index contributed by atoms with van der Waals surface area (Å²) >= 11 is 0. The Morgan fingerprint density at radius 1 is 1.21 bits per heavy atom. The quantitative estimate of drug-likeness (QED) is 0.829. The molecule has 0 atom stereocenters. The molecule has 0 saturated carbocycles. The molecular formula is C12H18ClN5O. The Hall–Kier alpha value is -1.66. The van der Waals surface area contributed by atoms with Crippen LogP contribution in [0.3, 0.4) is 0 Å². The number of likely N-dealkylation sites (N-methyl/N-ethyl adjacent to an activating group) is 1. The highest BCUT2D eigenvalue weighted by molar-refractivity contribution is 5.85. The molecule has 104 valence electrons. The van der Waals surface area contributed by atoms with Crippen molar-refractivity contribution in [1.82, 2.24) is 25.1 Å². The van der Waals surface area contributed by atoms with Gasteiger partial charge in [0, 0.05) is 12.1 Å². The van der Waals surface area contributed by atoms with Gasteiger partial charge in [0.05, 0.1) is 13.7 Å². The summed E-state index contributed by atoms with van der Waals surface area (Å²) in [4.78, 5) is 3.69. The van der Waals surface area contributed by atoms with Gasteiger partial charge in [-0.25, -0.2) is 0 Å². The molecule has 2 rings (SSSR count). The monoisotopic (exact) mass is 283 g/mol. The van der Waals surface area contributed by atoms with Crippen molar-refractivity contribution in [2.45, 2.75) is 6.54 Å². The third-order valence-electron chi connectivity index (χ3n) is 2.55. The number of hydrogen-bond acceptors (Lipinski definition) is 5. The van der Waals surface area contributed by atoms with Crippen LogP contribution in [-0.2, 0) is 6.54 Å². The van der Waals surface area contributed by atoms with Crippen molar-refractivity contribution >= 4 is 12.4 Å². The SMILES string of the molecule is COc1ccc(-c2nnn(CCN(C)C)n2)cc1.Cl. The van der Waals surface area contributed by atoms with Gasteiger partial charge in [0.25, 0.3) is 0 Å². The van der Waals surface area contributed by atoms with Crippen LogP contribution < -0.4 is 4.74 Å². The van der Waals surface area contributed by atoms with E-state index in [9.17, 15) is 0 Å². The summed E-state index contributed by atoms with van der Waals surface area (Å²) in [5.41, 5.74) is 0.937. The average Bonchev–Trinajstić information content (AvgIpc) is 2.85. The van der Waals surface area contributed by atoms with Crippen LogP contribution in [0.5, 0.6) is 5.75 Å². The molecule has 0 radical (unpaired) electrons. The number of tetrazole rings is 1. The molecule has 0 amide bonds. The third kappa shape index (κ3) is 4.18. The summed E-state index contributed by atoms with van der Waals surface area (Å²) in [6.07, 6.45) is 0. The lowest BCUT2D eigenvalue weighted by Crippen LogP contribution is -2.19. The normalized spacial score (nSPS) is 10.3. The lowest BCUT2D eigenvalue weighted by Gasteiger charge is -2.06. The van der Waals surface area contributed by atoms with Gasteiger partial charge in [0.15, 0.2) is 0 Å². The van der Waals surface area contributed by atoms with Crippen molar-refractivity contribution in [3.63, 3.8) is 0 Å². The molecule has 0 saturated heterocycles. The van der Waals surface area contributed by atoms with E-state index >= 15 is 0 Å². The predicted molar refractivity (Wildman–Crippen MR) is 75.6 cm³/mol. The number of hydrogen-bond donors (Lipinski definition) is 0. The van der Waals surface area contributed by atoms with E-state index in [0.29, 0.717) is 5.82 Å². The molecule has 0 unspecified atom stereocenters. The minimum absolute atomic E-state index is 0. The fourth-order valence-electron chi connectivity index (χ4n) is 1.48. The minimum Gasteiger partial charge on any atom is -0.497 e. The third-order valence-corrected chi connectivity index (χ3v) is 2.55. The van der Waals surface area contributed by atoms with E-state index in [4.69, 9.17) is 4.74 Å². The topological polar surface area (TPSA) is 56.1 Å². The fraction of sp³-hybridized carbons (Fsp3) is 0.417. The van der Waals surface area contributed by atoms with E-state index in [1.165, 1.54) is 0 Å². The number of methoxy groups -OCH3 is 1. The Morgan fingerprint density at radius 2 is 1.89 bits per heavy atom. The van der Waals surface area contributed by atoms with Gasteiger partial charge in [-0.2, -0.15) is 4.80 Å².